The SMILES string of the molecule is O=C(NCC(CO)Cc1ccccn1)c1ccccc1F. The monoisotopic (exact) mass is 288 g/mol. The predicted octanol–water partition coefficient (Wildman–Crippen LogP) is 1.80. The molecule has 4 nitrogen and oxygen atoms in total. The molecule has 1 aromatic heterocycles. The van der Waals surface area contributed by atoms with Gasteiger partial charge in [0.2, 0.25) is 0 Å². The fourth-order valence-corrected chi connectivity index (χ4v) is 1.99. The van der Waals surface area contributed by atoms with Crippen molar-refractivity contribution >= 4 is 5.91 Å². The highest BCUT2D eigenvalue weighted by Crippen LogP contribution is 2.08. The number of halogens is 1. The van der Waals surface area contributed by atoms with Crippen molar-refractivity contribution in [2.45, 2.75) is 6.42 Å². The topological polar surface area (TPSA) is 62.2 Å². The predicted molar refractivity (Wildman–Crippen MR) is 77.3 cm³/mol. The Morgan fingerprint density at radius 3 is 2.67 bits per heavy atom. The third-order valence-corrected chi connectivity index (χ3v) is 3.15. The lowest BCUT2D eigenvalue weighted by atomic mass is 10.0. The number of rotatable bonds is 6. The Morgan fingerprint density at radius 2 is 2.00 bits per heavy atom. The molecule has 0 saturated heterocycles. The van der Waals surface area contributed by atoms with E-state index < -0.39 is 11.7 Å². The third kappa shape index (κ3) is 4.36. The molecule has 110 valence electrons. The van der Waals surface area contributed by atoms with Gasteiger partial charge in [0.25, 0.3) is 5.91 Å². The van der Waals surface area contributed by atoms with Crippen LogP contribution in [-0.4, -0.2) is 29.1 Å². The van der Waals surface area contributed by atoms with Crippen molar-refractivity contribution in [3.63, 3.8) is 0 Å². The standard InChI is InChI=1S/C16H17FN2O2/c17-15-7-2-1-6-14(15)16(21)19-10-12(11-20)9-13-5-3-4-8-18-13/h1-8,12,20H,9-11H2,(H,19,21). The summed E-state index contributed by atoms with van der Waals surface area (Å²) < 4.78 is 13.5. The highest BCUT2D eigenvalue weighted by atomic mass is 19.1. The van der Waals surface area contributed by atoms with Crippen LogP contribution in [0.4, 0.5) is 4.39 Å². The first-order chi connectivity index (χ1) is 10.2. The van der Waals surface area contributed by atoms with E-state index in [0.717, 1.165) is 5.69 Å². The number of hydrogen-bond acceptors (Lipinski definition) is 3. The third-order valence-electron chi connectivity index (χ3n) is 3.15. The van der Waals surface area contributed by atoms with Gasteiger partial charge in [-0.05, 0) is 30.7 Å². The molecular weight excluding hydrogens is 271 g/mol. The lowest BCUT2D eigenvalue weighted by Gasteiger charge is -2.14. The highest BCUT2D eigenvalue weighted by molar-refractivity contribution is 5.94. The molecule has 2 N–H and O–H groups in total. The van der Waals surface area contributed by atoms with E-state index in [1.807, 2.05) is 18.2 Å². The maximum Gasteiger partial charge on any atom is 0.254 e. The van der Waals surface area contributed by atoms with Crippen LogP contribution in [-0.2, 0) is 6.42 Å². The smallest absolute Gasteiger partial charge is 0.254 e. The van der Waals surface area contributed by atoms with Crippen molar-refractivity contribution in [3.05, 3.63) is 65.7 Å². The van der Waals surface area contributed by atoms with Gasteiger partial charge < -0.3 is 10.4 Å². The van der Waals surface area contributed by atoms with Crippen LogP contribution in [0, 0.1) is 11.7 Å². The van der Waals surface area contributed by atoms with Crippen LogP contribution in [0.25, 0.3) is 0 Å². The average Bonchev–Trinajstić information content (AvgIpc) is 2.52. The largest absolute Gasteiger partial charge is 0.396 e. The number of carbonyl (C=O) groups excluding carboxylic acids is 1. The molecule has 0 radical (unpaired) electrons. The molecule has 1 heterocycles. The van der Waals surface area contributed by atoms with Crippen LogP contribution in [0.15, 0.2) is 48.7 Å². The Bertz CT molecular complexity index is 590. The minimum atomic E-state index is -0.555. The molecule has 21 heavy (non-hydrogen) atoms. The molecule has 1 unspecified atom stereocenters. The number of aliphatic hydroxyl groups is 1. The summed E-state index contributed by atoms with van der Waals surface area (Å²) in [6, 6.07) is 11.4. The Morgan fingerprint density at radius 1 is 1.24 bits per heavy atom. The number of amides is 1. The normalized spacial score (nSPS) is 11.9. The fourth-order valence-electron chi connectivity index (χ4n) is 1.99. The lowest BCUT2D eigenvalue weighted by molar-refractivity contribution is 0.0936. The van der Waals surface area contributed by atoms with Gasteiger partial charge in [-0.2, -0.15) is 0 Å². The summed E-state index contributed by atoms with van der Waals surface area (Å²) in [4.78, 5) is 16.1. The summed E-state index contributed by atoms with van der Waals surface area (Å²) in [6.45, 7) is 0.189. The quantitative estimate of drug-likeness (QED) is 0.852. The molecule has 1 atom stereocenters. The van der Waals surface area contributed by atoms with Gasteiger partial charge >= 0.3 is 0 Å². The summed E-state index contributed by atoms with van der Waals surface area (Å²) >= 11 is 0. The summed E-state index contributed by atoms with van der Waals surface area (Å²) in [7, 11) is 0. The molecule has 2 rings (SSSR count). The second kappa shape index (κ2) is 7.50. The van der Waals surface area contributed by atoms with E-state index in [-0.39, 0.29) is 24.6 Å². The van der Waals surface area contributed by atoms with E-state index in [1.165, 1.54) is 18.2 Å². The molecule has 0 bridgehead atoms. The van der Waals surface area contributed by atoms with Gasteiger partial charge in [-0.25, -0.2) is 4.39 Å². The summed E-state index contributed by atoms with van der Waals surface area (Å²) in [5.41, 5.74) is 0.851. The van der Waals surface area contributed by atoms with Gasteiger partial charge in [0, 0.05) is 31.0 Å². The van der Waals surface area contributed by atoms with Crippen LogP contribution in [0.1, 0.15) is 16.1 Å². The Kier molecular flexibility index (Phi) is 5.40. The highest BCUT2D eigenvalue weighted by Gasteiger charge is 2.14. The van der Waals surface area contributed by atoms with Crippen LogP contribution in [0.2, 0.25) is 0 Å². The molecule has 0 fully saturated rings. The maximum absolute atomic E-state index is 13.5. The first kappa shape index (κ1) is 15.1. The first-order valence-corrected chi connectivity index (χ1v) is 6.74. The Balaban J connectivity index is 1.91. The molecule has 5 heteroatoms. The van der Waals surface area contributed by atoms with Crippen LogP contribution >= 0.6 is 0 Å². The molecular formula is C16H17FN2O2. The summed E-state index contributed by atoms with van der Waals surface area (Å²) in [5, 5.41) is 12.0. The molecule has 1 amide bonds. The van der Waals surface area contributed by atoms with Gasteiger partial charge in [0.15, 0.2) is 0 Å². The second-order valence-corrected chi connectivity index (χ2v) is 4.76. The molecule has 0 aliphatic heterocycles. The number of benzene rings is 1. The summed E-state index contributed by atoms with van der Waals surface area (Å²) in [6.07, 6.45) is 2.23. The fraction of sp³-hybridized carbons (Fsp3) is 0.250. The molecule has 1 aromatic carbocycles. The number of nitrogens with one attached hydrogen (secondary N) is 1. The van der Waals surface area contributed by atoms with E-state index >= 15 is 0 Å². The van der Waals surface area contributed by atoms with Crippen LogP contribution in [0.5, 0.6) is 0 Å². The van der Waals surface area contributed by atoms with Gasteiger partial charge in [0.05, 0.1) is 5.56 Å². The van der Waals surface area contributed by atoms with Crippen molar-refractivity contribution in [1.29, 1.82) is 0 Å². The average molecular weight is 288 g/mol. The zero-order valence-corrected chi connectivity index (χ0v) is 11.5. The van der Waals surface area contributed by atoms with Gasteiger partial charge in [-0.1, -0.05) is 18.2 Å². The Labute approximate surface area is 122 Å². The van der Waals surface area contributed by atoms with Crippen molar-refractivity contribution in [2.24, 2.45) is 5.92 Å². The zero-order chi connectivity index (χ0) is 15.1. The number of hydrogen-bond donors (Lipinski definition) is 2. The van der Waals surface area contributed by atoms with Crippen LogP contribution in [0.3, 0.4) is 0 Å². The van der Waals surface area contributed by atoms with Crippen molar-refractivity contribution in [3.8, 4) is 0 Å². The Hall–Kier alpha value is -2.27. The van der Waals surface area contributed by atoms with Crippen LogP contribution < -0.4 is 5.32 Å². The lowest BCUT2D eigenvalue weighted by Crippen LogP contribution is -2.32. The van der Waals surface area contributed by atoms with E-state index in [0.29, 0.717) is 6.42 Å². The molecule has 0 spiro atoms. The van der Waals surface area contributed by atoms with Gasteiger partial charge in [-0.3, -0.25) is 9.78 Å². The maximum atomic E-state index is 13.5. The van der Waals surface area contributed by atoms with Gasteiger partial charge in [0.1, 0.15) is 5.82 Å². The van der Waals surface area contributed by atoms with E-state index in [4.69, 9.17) is 0 Å². The molecule has 2 aromatic rings. The number of aromatic nitrogens is 1. The number of aliphatic hydroxyl groups excluding tert-OH is 1. The summed E-state index contributed by atoms with van der Waals surface area (Å²) in [5.74, 6) is -1.19. The van der Waals surface area contributed by atoms with E-state index in [2.05, 4.69) is 10.3 Å². The zero-order valence-electron chi connectivity index (χ0n) is 11.5. The van der Waals surface area contributed by atoms with E-state index in [1.54, 1.807) is 12.3 Å². The number of pyridine rings is 1. The molecule has 0 aliphatic rings. The van der Waals surface area contributed by atoms with Crippen molar-refractivity contribution in [2.75, 3.05) is 13.2 Å². The minimum Gasteiger partial charge on any atom is -0.396 e. The number of nitrogens with zero attached hydrogens (tertiary/aromatic N) is 1. The van der Waals surface area contributed by atoms with Gasteiger partial charge in [-0.15, -0.1) is 0 Å². The second-order valence-electron chi connectivity index (χ2n) is 4.76. The van der Waals surface area contributed by atoms with Crippen molar-refractivity contribution < 1.29 is 14.3 Å². The number of carbonyl (C=O) groups is 1. The molecule has 0 aliphatic carbocycles. The van der Waals surface area contributed by atoms with Crippen molar-refractivity contribution in [1.82, 2.24) is 10.3 Å². The van der Waals surface area contributed by atoms with E-state index in [9.17, 15) is 14.3 Å². The molecule has 0 saturated carbocycles. The first-order valence-electron chi connectivity index (χ1n) is 6.74. The minimum absolute atomic E-state index is 0.00651.